The summed E-state index contributed by atoms with van der Waals surface area (Å²) in [4.78, 5) is 14.1. The van der Waals surface area contributed by atoms with Crippen LogP contribution in [-0.2, 0) is 14.9 Å². The SMILES string of the molecule is Cc1ccc(S(=O)(=O)O)cc1.N#C[C@@H]1CCCN1C(=O)CNC12CC3CC(CC(O)(C3)C1)C2. The first-order valence-corrected chi connectivity index (χ1v) is 13.2. The van der Waals surface area contributed by atoms with E-state index in [2.05, 4.69) is 11.4 Å². The van der Waals surface area contributed by atoms with Gasteiger partial charge in [-0.1, -0.05) is 17.7 Å². The summed E-state index contributed by atoms with van der Waals surface area (Å²) >= 11 is 0. The van der Waals surface area contributed by atoms with Crippen molar-refractivity contribution in [3.63, 3.8) is 0 Å². The first-order chi connectivity index (χ1) is 15.5. The molecular formula is C24H33N3O5S. The predicted octanol–water partition coefficient (Wildman–Crippen LogP) is 2.42. The number of rotatable bonds is 4. The highest BCUT2D eigenvalue weighted by molar-refractivity contribution is 7.85. The molecule has 9 heteroatoms. The Kier molecular flexibility index (Phi) is 6.58. The minimum Gasteiger partial charge on any atom is -0.390 e. The Morgan fingerprint density at radius 2 is 1.85 bits per heavy atom. The third-order valence-corrected chi connectivity index (χ3v) is 8.55. The van der Waals surface area contributed by atoms with E-state index in [4.69, 9.17) is 9.81 Å². The first kappa shape index (κ1) is 24.1. The number of carbonyl (C=O) groups is 1. The van der Waals surface area contributed by atoms with Crippen LogP contribution in [0.5, 0.6) is 0 Å². The average molecular weight is 476 g/mol. The van der Waals surface area contributed by atoms with E-state index in [-0.39, 0.29) is 22.4 Å². The monoisotopic (exact) mass is 475 g/mol. The van der Waals surface area contributed by atoms with Crippen LogP contribution >= 0.6 is 0 Å². The maximum Gasteiger partial charge on any atom is 0.294 e. The van der Waals surface area contributed by atoms with Crippen molar-refractivity contribution in [2.24, 2.45) is 11.8 Å². The fourth-order valence-corrected chi connectivity index (χ4v) is 7.18. The summed E-state index contributed by atoms with van der Waals surface area (Å²) in [7, 11) is -4.02. The highest BCUT2D eigenvalue weighted by atomic mass is 32.2. The number of likely N-dealkylation sites (tertiary alicyclic amines) is 1. The lowest BCUT2D eigenvalue weighted by Gasteiger charge is -2.60. The van der Waals surface area contributed by atoms with Gasteiger partial charge in [-0.15, -0.1) is 0 Å². The number of carbonyl (C=O) groups excluding carboxylic acids is 1. The van der Waals surface area contributed by atoms with Crippen LogP contribution < -0.4 is 5.32 Å². The maximum atomic E-state index is 12.4. The van der Waals surface area contributed by atoms with E-state index in [1.807, 2.05) is 6.92 Å². The van der Waals surface area contributed by atoms with Crippen LogP contribution in [0, 0.1) is 30.1 Å². The molecule has 1 amide bonds. The van der Waals surface area contributed by atoms with Crippen molar-refractivity contribution in [2.45, 2.75) is 80.4 Å². The average Bonchev–Trinajstić information content (AvgIpc) is 3.19. The van der Waals surface area contributed by atoms with Crippen LogP contribution in [0.2, 0.25) is 0 Å². The molecule has 5 fully saturated rings. The fraction of sp³-hybridized carbons (Fsp3) is 0.667. The number of nitrogens with zero attached hydrogens (tertiary/aromatic N) is 2. The zero-order valence-corrected chi connectivity index (χ0v) is 19.9. The van der Waals surface area contributed by atoms with Gasteiger partial charge in [0, 0.05) is 12.1 Å². The van der Waals surface area contributed by atoms with Crippen molar-refractivity contribution in [3.8, 4) is 6.07 Å². The zero-order chi connectivity index (χ0) is 23.9. The summed E-state index contributed by atoms with van der Waals surface area (Å²) in [5.41, 5.74) is 0.414. The van der Waals surface area contributed by atoms with Gasteiger partial charge in [0.15, 0.2) is 0 Å². The van der Waals surface area contributed by atoms with Gasteiger partial charge in [0.25, 0.3) is 10.1 Å². The fourth-order valence-electron chi connectivity index (χ4n) is 6.70. The van der Waals surface area contributed by atoms with Gasteiger partial charge in [0.1, 0.15) is 6.04 Å². The molecule has 1 aromatic rings. The lowest BCUT2D eigenvalue weighted by atomic mass is 9.51. The van der Waals surface area contributed by atoms with E-state index in [0.717, 1.165) is 50.5 Å². The van der Waals surface area contributed by atoms with Gasteiger partial charge in [-0.05, 0) is 82.3 Å². The third kappa shape index (κ3) is 5.40. The highest BCUT2D eigenvalue weighted by Gasteiger charge is 2.57. The van der Waals surface area contributed by atoms with Gasteiger partial charge >= 0.3 is 0 Å². The molecule has 3 N–H and O–H groups in total. The number of aliphatic hydroxyl groups is 1. The van der Waals surface area contributed by atoms with E-state index < -0.39 is 15.7 Å². The summed E-state index contributed by atoms with van der Waals surface area (Å²) in [6.07, 6.45) is 7.87. The van der Waals surface area contributed by atoms with Crippen molar-refractivity contribution in [2.75, 3.05) is 13.1 Å². The molecule has 5 aliphatic rings. The number of hydrogen-bond acceptors (Lipinski definition) is 6. The van der Waals surface area contributed by atoms with Gasteiger partial charge in [0.2, 0.25) is 5.91 Å². The van der Waals surface area contributed by atoms with Crippen molar-refractivity contribution in [1.82, 2.24) is 10.2 Å². The molecule has 1 aromatic carbocycles. The number of aryl methyl sites for hydroxylation is 1. The van der Waals surface area contributed by atoms with Crippen LogP contribution in [0.15, 0.2) is 29.2 Å². The second-order valence-electron chi connectivity index (χ2n) is 10.5. The molecule has 3 atom stereocenters. The number of hydrogen-bond donors (Lipinski definition) is 3. The number of nitrogens with one attached hydrogen (secondary N) is 1. The summed E-state index contributed by atoms with van der Waals surface area (Å²) in [5, 5.41) is 23.4. The Morgan fingerprint density at radius 3 is 2.39 bits per heavy atom. The predicted molar refractivity (Wildman–Crippen MR) is 122 cm³/mol. The van der Waals surface area contributed by atoms with Gasteiger partial charge < -0.3 is 15.3 Å². The minimum atomic E-state index is -4.02. The molecule has 4 aliphatic carbocycles. The van der Waals surface area contributed by atoms with Gasteiger partial charge in [0.05, 0.1) is 23.1 Å². The molecule has 0 aromatic heterocycles. The number of benzene rings is 1. The van der Waals surface area contributed by atoms with Crippen LogP contribution in [0.3, 0.4) is 0 Å². The molecule has 0 radical (unpaired) electrons. The van der Waals surface area contributed by atoms with Crippen molar-refractivity contribution in [1.29, 1.82) is 5.26 Å². The van der Waals surface area contributed by atoms with Gasteiger partial charge in [-0.3, -0.25) is 9.35 Å². The standard InChI is InChI=1S/C17H25N3O2.C7H8O3S/c18-9-14-2-1-3-20(14)15(21)10-19-16-5-12-4-13(6-16)8-17(22,7-12)11-16;1-6-2-4-7(5-3-6)11(8,9)10/h12-14,19,22H,1-8,10-11H2;2-5H,1H3,(H,8,9,10)/t12?,13?,14-,16?,17?;/m0./s1. The molecular weight excluding hydrogens is 442 g/mol. The Hall–Kier alpha value is -1.99. The lowest BCUT2D eigenvalue weighted by Crippen LogP contribution is -2.65. The van der Waals surface area contributed by atoms with Crippen molar-refractivity contribution < 1.29 is 22.9 Å². The Labute approximate surface area is 195 Å². The normalized spacial score (nSPS) is 34.5. The number of amides is 1. The van der Waals surface area contributed by atoms with Crippen LogP contribution in [-0.4, -0.2) is 59.2 Å². The molecule has 6 rings (SSSR count). The lowest BCUT2D eigenvalue weighted by molar-refractivity contribution is -0.147. The first-order valence-electron chi connectivity index (χ1n) is 11.7. The van der Waals surface area contributed by atoms with E-state index >= 15 is 0 Å². The Morgan fingerprint density at radius 1 is 1.21 bits per heavy atom. The van der Waals surface area contributed by atoms with Crippen LogP contribution in [0.4, 0.5) is 0 Å². The van der Waals surface area contributed by atoms with Crippen LogP contribution in [0.25, 0.3) is 0 Å². The molecule has 1 saturated heterocycles. The summed E-state index contributed by atoms with van der Waals surface area (Å²) in [5.74, 6) is 1.28. The quantitative estimate of drug-likeness (QED) is 0.570. The largest absolute Gasteiger partial charge is 0.390 e. The second kappa shape index (κ2) is 8.99. The molecule has 2 unspecified atom stereocenters. The van der Waals surface area contributed by atoms with Crippen molar-refractivity contribution in [3.05, 3.63) is 29.8 Å². The van der Waals surface area contributed by atoms with Crippen LogP contribution in [0.1, 0.15) is 56.9 Å². The van der Waals surface area contributed by atoms with E-state index in [1.165, 1.54) is 18.6 Å². The zero-order valence-electron chi connectivity index (χ0n) is 19.0. The Bertz CT molecular complexity index is 1020. The van der Waals surface area contributed by atoms with E-state index in [9.17, 15) is 18.3 Å². The topological polar surface area (TPSA) is 131 Å². The molecule has 4 bridgehead atoms. The van der Waals surface area contributed by atoms with Gasteiger partial charge in [-0.2, -0.15) is 13.7 Å². The third-order valence-electron chi connectivity index (χ3n) is 7.69. The molecule has 0 spiro atoms. The highest BCUT2D eigenvalue weighted by Crippen LogP contribution is 2.57. The molecule has 1 aliphatic heterocycles. The van der Waals surface area contributed by atoms with Crippen molar-refractivity contribution >= 4 is 16.0 Å². The number of nitriles is 1. The molecule has 180 valence electrons. The summed E-state index contributed by atoms with van der Waals surface area (Å²) < 4.78 is 29.6. The Balaban J connectivity index is 0.000000200. The van der Waals surface area contributed by atoms with E-state index in [0.29, 0.717) is 24.9 Å². The second-order valence-corrected chi connectivity index (χ2v) is 11.9. The van der Waals surface area contributed by atoms with Gasteiger partial charge in [-0.25, -0.2) is 0 Å². The molecule has 1 heterocycles. The summed E-state index contributed by atoms with van der Waals surface area (Å²) in [6.45, 7) is 2.86. The molecule has 8 nitrogen and oxygen atoms in total. The molecule has 33 heavy (non-hydrogen) atoms. The van der Waals surface area contributed by atoms with E-state index in [1.54, 1.807) is 17.0 Å². The maximum absolute atomic E-state index is 12.4. The minimum absolute atomic E-state index is 0.0453. The smallest absolute Gasteiger partial charge is 0.294 e. The molecule has 4 saturated carbocycles. The summed E-state index contributed by atoms with van der Waals surface area (Å²) in [6, 6.07) is 7.98.